The quantitative estimate of drug-likeness (QED) is 0.848. The van der Waals surface area contributed by atoms with E-state index in [1.165, 1.54) is 0 Å². The molecule has 1 atom stereocenters. The van der Waals surface area contributed by atoms with E-state index in [9.17, 15) is 9.59 Å². The number of amides is 1. The number of benzene rings is 1. The van der Waals surface area contributed by atoms with E-state index >= 15 is 0 Å². The van der Waals surface area contributed by atoms with E-state index in [2.05, 4.69) is 11.9 Å². The maximum Gasteiger partial charge on any atom is 0.242 e. The van der Waals surface area contributed by atoms with Crippen molar-refractivity contribution in [3.8, 4) is 5.75 Å². The van der Waals surface area contributed by atoms with Crippen molar-refractivity contribution < 1.29 is 14.3 Å². The van der Waals surface area contributed by atoms with Gasteiger partial charge in [-0.3, -0.25) is 9.59 Å². The number of ether oxygens (including phenoxy) is 1. The van der Waals surface area contributed by atoms with Crippen molar-refractivity contribution in [1.29, 1.82) is 0 Å². The van der Waals surface area contributed by atoms with E-state index in [0.29, 0.717) is 12.3 Å². The molecule has 110 valence electrons. The predicted molar refractivity (Wildman–Crippen MR) is 78.6 cm³/mol. The Bertz CT molecular complexity index is 597. The molecule has 0 spiro atoms. The summed E-state index contributed by atoms with van der Waals surface area (Å²) in [7, 11) is 0. The van der Waals surface area contributed by atoms with Gasteiger partial charge in [-0.1, -0.05) is 18.7 Å². The second-order valence-electron chi connectivity index (χ2n) is 5.28. The highest BCUT2D eigenvalue weighted by Crippen LogP contribution is 2.39. The highest BCUT2D eigenvalue weighted by Gasteiger charge is 2.35. The standard InChI is InChI=1S/C16H18N2O3/c1-11-12-4-2-6-15(21-9-8-19)13(12)10-18(11)14-5-3-7-17-16(14)20/h2,4,6,8,14H,1,3,5,7,9-10H2,(H,17,20). The third-order valence-electron chi connectivity index (χ3n) is 4.06. The van der Waals surface area contributed by atoms with E-state index in [-0.39, 0.29) is 18.6 Å². The smallest absolute Gasteiger partial charge is 0.242 e. The van der Waals surface area contributed by atoms with Crippen LogP contribution in [0.1, 0.15) is 24.0 Å². The molecule has 1 amide bonds. The number of fused-ring (bicyclic) bond motifs is 1. The fourth-order valence-corrected chi connectivity index (χ4v) is 3.03. The van der Waals surface area contributed by atoms with Crippen LogP contribution in [0.3, 0.4) is 0 Å². The summed E-state index contributed by atoms with van der Waals surface area (Å²) in [4.78, 5) is 24.6. The third kappa shape index (κ3) is 2.39. The van der Waals surface area contributed by atoms with Gasteiger partial charge in [0.15, 0.2) is 6.29 Å². The number of piperidine rings is 1. The second-order valence-corrected chi connectivity index (χ2v) is 5.28. The molecule has 1 aromatic carbocycles. The molecule has 1 unspecified atom stereocenters. The lowest BCUT2D eigenvalue weighted by atomic mass is 10.0. The van der Waals surface area contributed by atoms with E-state index < -0.39 is 0 Å². The molecule has 3 rings (SSSR count). The van der Waals surface area contributed by atoms with Gasteiger partial charge in [0.05, 0.1) is 0 Å². The van der Waals surface area contributed by atoms with Gasteiger partial charge in [-0.25, -0.2) is 0 Å². The Balaban J connectivity index is 1.87. The number of hydrogen-bond acceptors (Lipinski definition) is 4. The van der Waals surface area contributed by atoms with Crippen LogP contribution in [0.15, 0.2) is 24.8 Å². The summed E-state index contributed by atoms with van der Waals surface area (Å²) >= 11 is 0. The zero-order valence-corrected chi connectivity index (χ0v) is 11.8. The predicted octanol–water partition coefficient (Wildman–Crippen LogP) is 1.33. The summed E-state index contributed by atoms with van der Waals surface area (Å²) in [5, 5.41) is 2.91. The van der Waals surface area contributed by atoms with Gasteiger partial charge in [-0.05, 0) is 18.9 Å². The second kappa shape index (κ2) is 5.60. The van der Waals surface area contributed by atoms with Crippen molar-refractivity contribution in [3.05, 3.63) is 35.9 Å². The Kier molecular flexibility index (Phi) is 3.64. The van der Waals surface area contributed by atoms with Crippen LogP contribution in [0, 0.1) is 0 Å². The molecule has 2 aliphatic rings. The molecule has 0 saturated carbocycles. The summed E-state index contributed by atoms with van der Waals surface area (Å²) in [5.74, 6) is 0.755. The van der Waals surface area contributed by atoms with Crippen molar-refractivity contribution in [3.63, 3.8) is 0 Å². The lowest BCUT2D eigenvalue weighted by molar-refractivity contribution is -0.127. The van der Waals surface area contributed by atoms with Gasteiger partial charge in [0.2, 0.25) is 5.91 Å². The minimum atomic E-state index is -0.169. The zero-order chi connectivity index (χ0) is 14.8. The van der Waals surface area contributed by atoms with Crippen molar-refractivity contribution in [2.24, 2.45) is 0 Å². The summed E-state index contributed by atoms with van der Waals surface area (Å²) in [5.41, 5.74) is 2.85. The van der Waals surface area contributed by atoms with Crippen LogP contribution in [-0.4, -0.2) is 36.3 Å². The molecule has 5 heteroatoms. The van der Waals surface area contributed by atoms with Crippen molar-refractivity contribution in [2.45, 2.75) is 25.4 Å². The molecule has 0 bridgehead atoms. The molecule has 2 aliphatic heterocycles. The Morgan fingerprint density at radius 1 is 1.48 bits per heavy atom. The van der Waals surface area contributed by atoms with E-state index in [4.69, 9.17) is 4.74 Å². The van der Waals surface area contributed by atoms with Gasteiger partial charge in [0.25, 0.3) is 0 Å². The van der Waals surface area contributed by atoms with Crippen LogP contribution in [-0.2, 0) is 16.1 Å². The lowest BCUT2D eigenvalue weighted by Gasteiger charge is -2.32. The maximum absolute atomic E-state index is 12.1. The van der Waals surface area contributed by atoms with Gasteiger partial charge < -0.3 is 15.0 Å². The van der Waals surface area contributed by atoms with Crippen molar-refractivity contribution in [2.75, 3.05) is 13.2 Å². The Morgan fingerprint density at radius 2 is 2.33 bits per heavy atom. The van der Waals surface area contributed by atoms with E-state index in [1.807, 2.05) is 23.1 Å². The number of aldehydes is 1. The average molecular weight is 286 g/mol. The number of rotatable bonds is 4. The largest absolute Gasteiger partial charge is 0.486 e. The molecule has 1 N–H and O–H groups in total. The molecule has 0 aliphatic carbocycles. The molecule has 1 aromatic rings. The first-order valence-corrected chi connectivity index (χ1v) is 7.14. The molecule has 0 aromatic heterocycles. The molecule has 1 saturated heterocycles. The minimum Gasteiger partial charge on any atom is -0.486 e. The Labute approximate surface area is 123 Å². The van der Waals surface area contributed by atoms with Gasteiger partial charge >= 0.3 is 0 Å². The van der Waals surface area contributed by atoms with Crippen LogP contribution in [0.4, 0.5) is 0 Å². The highest BCUT2D eigenvalue weighted by molar-refractivity contribution is 5.85. The minimum absolute atomic E-state index is 0.0346. The summed E-state index contributed by atoms with van der Waals surface area (Å²) in [6.45, 7) is 5.51. The van der Waals surface area contributed by atoms with Crippen molar-refractivity contribution in [1.82, 2.24) is 10.2 Å². The summed E-state index contributed by atoms with van der Waals surface area (Å²) < 4.78 is 5.47. The molecule has 1 fully saturated rings. The number of carbonyl (C=O) groups excluding carboxylic acids is 2. The maximum atomic E-state index is 12.1. The SMILES string of the molecule is C=C1c2cccc(OCC=O)c2CN1C1CCCNC1=O. The van der Waals surface area contributed by atoms with Gasteiger partial charge in [0.1, 0.15) is 18.4 Å². The fraction of sp³-hybridized carbons (Fsp3) is 0.375. The van der Waals surface area contributed by atoms with Gasteiger partial charge in [-0.2, -0.15) is 0 Å². The molecule has 5 nitrogen and oxygen atoms in total. The first kappa shape index (κ1) is 13.7. The van der Waals surface area contributed by atoms with Gasteiger partial charge in [-0.15, -0.1) is 0 Å². The highest BCUT2D eigenvalue weighted by atomic mass is 16.5. The number of nitrogens with zero attached hydrogens (tertiary/aromatic N) is 1. The molecular formula is C16H18N2O3. The number of hydrogen-bond donors (Lipinski definition) is 1. The summed E-state index contributed by atoms with van der Waals surface area (Å²) in [6.07, 6.45) is 2.55. The first-order chi connectivity index (χ1) is 10.2. The Hall–Kier alpha value is -2.30. The first-order valence-electron chi connectivity index (χ1n) is 7.14. The van der Waals surface area contributed by atoms with Crippen molar-refractivity contribution >= 4 is 17.9 Å². The topological polar surface area (TPSA) is 58.6 Å². The lowest BCUT2D eigenvalue weighted by Crippen LogP contribution is -2.48. The monoisotopic (exact) mass is 286 g/mol. The molecule has 2 heterocycles. The van der Waals surface area contributed by atoms with Gasteiger partial charge in [0, 0.05) is 29.9 Å². The van der Waals surface area contributed by atoms with E-state index in [0.717, 1.165) is 42.5 Å². The number of nitrogens with one attached hydrogen (secondary N) is 1. The van der Waals surface area contributed by atoms with Crippen LogP contribution >= 0.6 is 0 Å². The molecule has 21 heavy (non-hydrogen) atoms. The average Bonchev–Trinajstić information content (AvgIpc) is 2.83. The zero-order valence-electron chi connectivity index (χ0n) is 11.8. The Morgan fingerprint density at radius 3 is 3.10 bits per heavy atom. The molecular weight excluding hydrogens is 268 g/mol. The molecule has 0 radical (unpaired) electrons. The summed E-state index contributed by atoms with van der Waals surface area (Å²) in [6, 6.07) is 5.54. The normalized spacial score (nSPS) is 21.0. The van der Waals surface area contributed by atoms with Crippen LogP contribution in [0.2, 0.25) is 0 Å². The van der Waals surface area contributed by atoms with E-state index in [1.54, 1.807) is 0 Å². The fourth-order valence-electron chi connectivity index (χ4n) is 3.03. The number of carbonyl (C=O) groups is 2. The van der Waals surface area contributed by atoms with Crippen LogP contribution in [0.25, 0.3) is 5.70 Å². The van der Waals surface area contributed by atoms with Crippen LogP contribution < -0.4 is 10.1 Å². The third-order valence-corrected chi connectivity index (χ3v) is 4.06. The van der Waals surface area contributed by atoms with Crippen LogP contribution in [0.5, 0.6) is 5.75 Å².